The first-order valence-corrected chi connectivity index (χ1v) is 16.2. The summed E-state index contributed by atoms with van der Waals surface area (Å²) in [6.45, 7) is 7.83. The van der Waals surface area contributed by atoms with Gasteiger partial charge in [0.1, 0.15) is 15.9 Å². The molecule has 46 heavy (non-hydrogen) atoms. The maximum Gasteiger partial charge on any atom is 0.410 e. The lowest BCUT2D eigenvalue weighted by Crippen LogP contribution is -2.39. The number of carboxylic acid groups (broad SMARTS) is 1. The molecule has 3 N–H and O–H groups in total. The molecule has 0 fully saturated rings. The molecule has 13 heteroatoms. The molecule has 3 amide bonds. The number of hydrogen-bond donors (Lipinski definition) is 3. The van der Waals surface area contributed by atoms with Crippen LogP contribution in [0, 0.1) is 0 Å². The summed E-state index contributed by atoms with van der Waals surface area (Å²) in [5.74, 6) is -2.79. The van der Waals surface area contributed by atoms with Gasteiger partial charge in [0.2, 0.25) is 11.8 Å². The smallest absolute Gasteiger partial charge is 0.410 e. The van der Waals surface area contributed by atoms with Gasteiger partial charge in [-0.25, -0.2) is 14.4 Å². The highest BCUT2D eigenvalue weighted by Gasteiger charge is 2.34. The highest BCUT2D eigenvalue weighted by Crippen LogP contribution is 2.41. The van der Waals surface area contributed by atoms with Crippen LogP contribution in [0.1, 0.15) is 59.3 Å². The number of rotatable bonds is 10. The molecule has 1 unspecified atom stereocenters. The third-order valence-corrected chi connectivity index (χ3v) is 8.88. The van der Waals surface area contributed by atoms with Gasteiger partial charge < -0.3 is 30.1 Å². The summed E-state index contributed by atoms with van der Waals surface area (Å²) in [6.07, 6.45) is 1.60. The fraction of sp³-hybridized carbons (Fsp3) is 0.303. The van der Waals surface area contributed by atoms with Gasteiger partial charge in [-0.05, 0) is 63.4 Å². The Bertz CT molecular complexity index is 1650. The van der Waals surface area contributed by atoms with E-state index in [1.807, 2.05) is 30.3 Å². The third kappa shape index (κ3) is 9.21. The molecule has 2 heterocycles. The number of amides is 3. The molecule has 3 aromatic rings. The molecule has 1 aromatic heterocycles. The van der Waals surface area contributed by atoms with Gasteiger partial charge in [0.15, 0.2) is 0 Å². The van der Waals surface area contributed by atoms with Gasteiger partial charge in [0.25, 0.3) is 0 Å². The minimum Gasteiger partial charge on any atom is -0.478 e. The van der Waals surface area contributed by atoms with Crippen LogP contribution in [-0.2, 0) is 36.8 Å². The van der Waals surface area contributed by atoms with Crippen molar-refractivity contribution in [3.05, 3.63) is 88.3 Å². The molecule has 11 nitrogen and oxygen atoms in total. The molecule has 0 saturated carbocycles. The Hall–Kier alpha value is -4.62. The summed E-state index contributed by atoms with van der Waals surface area (Å²) in [5.41, 5.74) is 1.49. The molecule has 1 aliphatic heterocycles. The van der Waals surface area contributed by atoms with E-state index in [2.05, 4.69) is 10.6 Å². The number of aliphatic carboxylic acids is 1. The zero-order valence-electron chi connectivity index (χ0n) is 25.8. The van der Waals surface area contributed by atoms with Gasteiger partial charge in [-0.3, -0.25) is 9.59 Å². The van der Waals surface area contributed by atoms with E-state index in [0.29, 0.717) is 34.1 Å². The van der Waals surface area contributed by atoms with Crippen molar-refractivity contribution in [1.82, 2.24) is 4.90 Å². The van der Waals surface area contributed by atoms with Crippen molar-refractivity contribution in [1.29, 1.82) is 0 Å². The number of nitrogens with one attached hydrogen (secondary N) is 2. The highest BCUT2D eigenvalue weighted by atomic mass is 32.2. The van der Waals surface area contributed by atoms with Crippen LogP contribution in [0.25, 0.3) is 0 Å². The predicted octanol–water partition coefficient (Wildman–Crippen LogP) is 6.27. The maximum atomic E-state index is 14.0. The van der Waals surface area contributed by atoms with Gasteiger partial charge in [-0.2, -0.15) is 0 Å². The number of fused-ring (bicyclic) bond motifs is 1. The maximum absolute atomic E-state index is 14.0. The van der Waals surface area contributed by atoms with Gasteiger partial charge in [-0.1, -0.05) is 36.4 Å². The number of carbonyl (C=O) groups excluding carboxylic acids is 4. The zero-order chi connectivity index (χ0) is 33.4. The molecule has 1 aliphatic rings. The van der Waals surface area contributed by atoms with E-state index < -0.39 is 34.8 Å². The number of anilines is 2. The van der Waals surface area contributed by atoms with Gasteiger partial charge in [0, 0.05) is 34.2 Å². The Morgan fingerprint density at radius 1 is 1.04 bits per heavy atom. The Morgan fingerprint density at radius 3 is 2.46 bits per heavy atom. The van der Waals surface area contributed by atoms with E-state index >= 15 is 0 Å². The molecule has 0 saturated heterocycles. The van der Waals surface area contributed by atoms with Crippen LogP contribution < -0.4 is 10.6 Å². The first kappa shape index (κ1) is 34.3. The molecular formula is C33H35N3O8S2. The second kappa shape index (κ2) is 15.1. The lowest BCUT2D eigenvalue weighted by molar-refractivity contribution is -0.131. The van der Waals surface area contributed by atoms with Crippen molar-refractivity contribution in [2.24, 2.45) is 0 Å². The van der Waals surface area contributed by atoms with Gasteiger partial charge in [0.05, 0.1) is 18.7 Å². The Balaban J connectivity index is 1.61. The summed E-state index contributed by atoms with van der Waals surface area (Å²) >= 11 is 2.47. The van der Waals surface area contributed by atoms with E-state index in [-0.39, 0.29) is 24.6 Å². The fourth-order valence-electron chi connectivity index (χ4n) is 4.59. The second-order valence-electron chi connectivity index (χ2n) is 11.2. The molecule has 1 atom stereocenters. The van der Waals surface area contributed by atoms with Crippen LogP contribution in [0.2, 0.25) is 0 Å². The van der Waals surface area contributed by atoms with Crippen LogP contribution in [-0.4, -0.2) is 58.6 Å². The third-order valence-electron chi connectivity index (χ3n) is 6.50. The van der Waals surface area contributed by atoms with Crippen LogP contribution in [0.15, 0.2) is 71.6 Å². The Kier molecular flexibility index (Phi) is 11.3. The van der Waals surface area contributed by atoms with Crippen molar-refractivity contribution in [3.8, 4) is 0 Å². The lowest BCUT2D eigenvalue weighted by Gasteiger charge is -2.30. The van der Waals surface area contributed by atoms with Crippen LogP contribution >= 0.6 is 23.1 Å². The first-order chi connectivity index (χ1) is 21.8. The summed E-state index contributed by atoms with van der Waals surface area (Å²) in [7, 11) is 0. The van der Waals surface area contributed by atoms with E-state index in [1.165, 1.54) is 23.1 Å². The van der Waals surface area contributed by atoms with Crippen molar-refractivity contribution < 1.29 is 38.6 Å². The topological polar surface area (TPSA) is 151 Å². The predicted molar refractivity (Wildman–Crippen MR) is 176 cm³/mol. The number of ether oxygens (including phenoxy) is 2. The molecule has 0 radical (unpaired) electrons. The molecule has 2 aromatic carbocycles. The van der Waals surface area contributed by atoms with Crippen LogP contribution in [0.3, 0.4) is 0 Å². The quantitative estimate of drug-likeness (QED) is 0.129. The number of carbonyl (C=O) groups is 5. The molecule has 0 bridgehead atoms. The minimum absolute atomic E-state index is 0.155. The average molecular weight is 666 g/mol. The minimum atomic E-state index is -1.24. The van der Waals surface area contributed by atoms with Gasteiger partial charge >= 0.3 is 18.0 Å². The van der Waals surface area contributed by atoms with E-state index in [9.17, 15) is 24.0 Å². The molecule has 4 rings (SSSR count). The highest BCUT2D eigenvalue weighted by molar-refractivity contribution is 8.00. The Labute approximate surface area is 275 Å². The lowest BCUT2D eigenvalue weighted by atomic mass is 10.0. The molecule has 0 spiro atoms. The summed E-state index contributed by atoms with van der Waals surface area (Å²) < 4.78 is 10.9. The normalized spacial score (nSPS) is 13.4. The number of nitrogens with zero attached hydrogens (tertiary/aromatic N) is 1. The largest absolute Gasteiger partial charge is 0.478 e. The fourth-order valence-corrected chi connectivity index (χ4v) is 6.92. The number of thioether (sulfide) groups is 1. The van der Waals surface area contributed by atoms with Crippen molar-refractivity contribution in [2.45, 2.75) is 56.4 Å². The van der Waals surface area contributed by atoms with Crippen LogP contribution in [0.4, 0.5) is 15.5 Å². The van der Waals surface area contributed by atoms with Crippen molar-refractivity contribution in [3.63, 3.8) is 0 Å². The number of carboxylic acids is 1. The van der Waals surface area contributed by atoms with Crippen molar-refractivity contribution >= 4 is 63.6 Å². The average Bonchev–Trinajstić information content (AvgIpc) is 3.35. The summed E-state index contributed by atoms with van der Waals surface area (Å²) in [6, 6.07) is 16.0. The molecule has 0 aliphatic carbocycles. The number of esters is 1. The van der Waals surface area contributed by atoms with E-state index in [0.717, 1.165) is 22.6 Å². The van der Waals surface area contributed by atoms with Crippen molar-refractivity contribution in [2.75, 3.05) is 23.8 Å². The molecule has 242 valence electrons. The SMILES string of the molecule is CCOC(=O)c1c(NC(=O)C(Sc2cccc(NC(=O)/C=C/C(=O)O)c2)c2ccccc2)sc2c1CCN(C(=O)OC(C)(C)C)C2. The number of thiophene rings is 1. The number of hydrogen-bond acceptors (Lipinski definition) is 9. The standard InChI is InChI=1S/C33H35N3O8S2/c1-5-43-31(41)27-23-16-17-36(32(42)44-33(2,3)4)19-24(23)46-30(27)35-29(40)28(20-10-7-6-8-11-20)45-22-13-9-12-21(18-22)34-25(37)14-15-26(38)39/h6-15,18,28H,5,16-17,19H2,1-4H3,(H,34,37)(H,35,40)(H,38,39)/b15-14+. The summed E-state index contributed by atoms with van der Waals surface area (Å²) in [5, 5.41) is 13.9. The number of benzene rings is 2. The van der Waals surface area contributed by atoms with E-state index in [1.54, 1.807) is 56.9 Å². The second-order valence-corrected chi connectivity index (χ2v) is 13.5. The van der Waals surface area contributed by atoms with Gasteiger partial charge in [-0.15, -0.1) is 23.1 Å². The molecular weight excluding hydrogens is 631 g/mol. The van der Waals surface area contributed by atoms with E-state index in [4.69, 9.17) is 14.6 Å². The first-order valence-electron chi connectivity index (χ1n) is 14.5. The monoisotopic (exact) mass is 665 g/mol. The Morgan fingerprint density at radius 2 is 1.78 bits per heavy atom. The summed E-state index contributed by atoms with van der Waals surface area (Å²) in [4.78, 5) is 65.8. The zero-order valence-corrected chi connectivity index (χ0v) is 27.5. The van der Waals surface area contributed by atoms with Crippen LogP contribution in [0.5, 0.6) is 0 Å².